The molecule has 208 valence electrons. The van der Waals surface area contributed by atoms with Crippen LogP contribution in [0.2, 0.25) is 0 Å². The van der Waals surface area contributed by atoms with Crippen molar-refractivity contribution in [3.8, 4) is 5.75 Å². The van der Waals surface area contributed by atoms with E-state index in [-0.39, 0.29) is 25.0 Å². The highest BCUT2D eigenvalue weighted by atomic mass is 16.4. The Morgan fingerprint density at radius 3 is 1.76 bits per heavy atom. The molecule has 16 nitrogen and oxygen atoms in total. The SMILES string of the molecule is NC(=O)CCC(NC(=O)C(N)CC(=O)O)C(=O)NC(Cc1ccc(O)cc1)C(=O)NC(CC(N)=O)C(=O)O. The van der Waals surface area contributed by atoms with Gasteiger partial charge in [0.15, 0.2) is 0 Å². The minimum absolute atomic E-state index is 0.0851. The lowest BCUT2D eigenvalue weighted by molar-refractivity contribution is -0.143. The van der Waals surface area contributed by atoms with E-state index in [1.165, 1.54) is 24.3 Å². The summed E-state index contributed by atoms with van der Waals surface area (Å²) < 4.78 is 0. The van der Waals surface area contributed by atoms with Crippen LogP contribution in [0.1, 0.15) is 31.2 Å². The van der Waals surface area contributed by atoms with Gasteiger partial charge in [0.1, 0.15) is 23.9 Å². The zero-order valence-electron chi connectivity index (χ0n) is 20.1. The molecule has 0 bridgehead atoms. The summed E-state index contributed by atoms with van der Waals surface area (Å²) in [4.78, 5) is 83.0. The Kier molecular flexibility index (Phi) is 12.1. The van der Waals surface area contributed by atoms with Gasteiger partial charge in [-0.15, -0.1) is 0 Å². The van der Waals surface area contributed by atoms with Crippen molar-refractivity contribution >= 4 is 41.5 Å². The molecule has 0 aliphatic heterocycles. The molecule has 0 aliphatic rings. The maximum atomic E-state index is 13.0. The molecule has 1 aromatic rings. The van der Waals surface area contributed by atoms with Crippen LogP contribution in [-0.2, 0) is 40.0 Å². The van der Waals surface area contributed by atoms with E-state index in [0.717, 1.165) is 0 Å². The summed E-state index contributed by atoms with van der Waals surface area (Å²) in [5.74, 6) is -7.90. The smallest absolute Gasteiger partial charge is 0.326 e. The molecule has 38 heavy (non-hydrogen) atoms. The predicted molar refractivity (Wildman–Crippen MR) is 128 cm³/mol. The molecule has 0 fully saturated rings. The van der Waals surface area contributed by atoms with Crippen LogP contribution in [0, 0.1) is 0 Å². The van der Waals surface area contributed by atoms with Crippen molar-refractivity contribution in [2.75, 3.05) is 0 Å². The number of carbonyl (C=O) groups excluding carboxylic acids is 5. The lowest BCUT2D eigenvalue weighted by Gasteiger charge is -2.25. The zero-order valence-corrected chi connectivity index (χ0v) is 20.1. The molecule has 4 unspecified atom stereocenters. The number of phenolic OH excluding ortho intramolecular Hbond substituents is 1. The molecule has 0 aromatic heterocycles. The maximum absolute atomic E-state index is 13.0. The van der Waals surface area contributed by atoms with Gasteiger partial charge in [-0.2, -0.15) is 0 Å². The van der Waals surface area contributed by atoms with Crippen LogP contribution in [0.4, 0.5) is 0 Å². The Bertz CT molecular complexity index is 1060. The molecular formula is C22H30N6O10. The number of nitrogens with one attached hydrogen (secondary N) is 3. The van der Waals surface area contributed by atoms with Crippen molar-refractivity contribution in [2.45, 2.75) is 56.3 Å². The minimum atomic E-state index is -1.71. The van der Waals surface area contributed by atoms with Crippen LogP contribution in [0.3, 0.4) is 0 Å². The highest BCUT2D eigenvalue weighted by Gasteiger charge is 2.31. The van der Waals surface area contributed by atoms with Crippen molar-refractivity contribution in [3.05, 3.63) is 29.8 Å². The normalized spacial score (nSPS) is 13.7. The summed E-state index contributed by atoms with van der Waals surface area (Å²) in [6.07, 6.45) is -2.42. The molecule has 4 atom stereocenters. The lowest BCUT2D eigenvalue weighted by Crippen LogP contribution is -2.58. The fourth-order valence-electron chi connectivity index (χ4n) is 3.14. The number of carbonyl (C=O) groups is 7. The number of hydrogen-bond donors (Lipinski definition) is 9. The summed E-state index contributed by atoms with van der Waals surface area (Å²) in [6.45, 7) is 0. The average Bonchev–Trinajstić information content (AvgIpc) is 2.80. The summed E-state index contributed by atoms with van der Waals surface area (Å²) in [6, 6.07) is -0.726. The molecule has 1 rings (SSSR count). The van der Waals surface area contributed by atoms with Crippen LogP contribution >= 0.6 is 0 Å². The molecular weight excluding hydrogens is 508 g/mol. The van der Waals surface area contributed by atoms with Gasteiger partial charge in [-0.25, -0.2) is 4.79 Å². The number of aliphatic carboxylic acids is 2. The summed E-state index contributed by atoms with van der Waals surface area (Å²) in [5, 5.41) is 34.3. The number of aromatic hydroxyl groups is 1. The van der Waals surface area contributed by atoms with E-state index < -0.39 is 78.5 Å². The standard InChI is InChI=1S/C22H30N6O10/c23-12(8-18(32)33)19(34)26-13(5-6-16(24)30)20(35)27-14(7-10-1-3-11(29)4-2-10)21(36)28-15(22(37)38)9-17(25)31/h1-4,12-15,29H,5-9,23H2,(H2,24,30)(H2,25,31)(H,26,34)(H,27,35)(H,28,36)(H,32,33)(H,37,38). The zero-order chi connectivity index (χ0) is 29.0. The molecule has 0 heterocycles. The molecule has 16 heteroatoms. The molecule has 0 radical (unpaired) electrons. The quantitative estimate of drug-likeness (QED) is 0.0990. The van der Waals surface area contributed by atoms with Crippen molar-refractivity contribution < 1.29 is 48.9 Å². The summed E-state index contributed by atoms with van der Waals surface area (Å²) >= 11 is 0. The molecule has 0 aliphatic carbocycles. The number of rotatable bonds is 16. The Balaban J connectivity index is 3.20. The van der Waals surface area contributed by atoms with Gasteiger partial charge in [-0.1, -0.05) is 12.1 Å². The molecule has 0 saturated heterocycles. The largest absolute Gasteiger partial charge is 0.508 e. The molecule has 0 spiro atoms. The number of nitrogens with two attached hydrogens (primary N) is 3. The average molecular weight is 539 g/mol. The van der Waals surface area contributed by atoms with Gasteiger partial charge in [0, 0.05) is 12.8 Å². The Morgan fingerprint density at radius 1 is 0.737 bits per heavy atom. The van der Waals surface area contributed by atoms with E-state index in [2.05, 4.69) is 16.0 Å². The third kappa shape index (κ3) is 11.3. The van der Waals surface area contributed by atoms with Crippen LogP contribution in [-0.4, -0.2) is 81.0 Å². The second-order valence-electron chi connectivity index (χ2n) is 8.27. The first-order chi connectivity index (χ1) is 17.7. The summed E-state index contributed by atoms with van der Waals surface area (Å²) in [7, 11) is 0. The van der Waals surface area contributed by atoms with Gasteiger partial charge in [-0.05, 0) is 24.1 Å². The van der Waals surface area contributed by atoms with Crippen molar-refractivity contribution in [2.24, 2.45) is 17.2 Å². The van der Waals surface area contributed by atoms with E-state index in [4.69, 9.17) is 22.3 Å². The third-order valence-corrected chi connectivity index (χ3v) is 5.07. The number of hydrogen-bond acceptors (Lipinski definition) is 9. The van der Waals surface area contributed by atoms with Crippen molar-refractivity contribution in [3.63, 3.8) is 0 Å². The van der Waals surface area contributed by atoms with E-state index in [9.17, 15) is 43.8 Å². The van der Waals surface area contributed by atoms with Crippen LogP contribution in [0.15, 0.2) is 24.3 Å². The van der Waals surface area contributed by atoms with E-state index >= 15 is 0 Å². The molecule has 5 amide bonds. The first kappa shape index (κ1) is 31.3. The van der Waals surface area contributed by atoms with Crippen LogP contribution in [0.25, 0.3) is 0 Å². The van der Waals surface area contributed by atoms with Gasteiger partial charge < -0.3 is 48.5 Å². The topological polar surface area (TPSA) is 294 Å². The number of benzene rings is 1. The molecule has 1 aromatic carbocycles. The number of phenols is 1. The molecule has 0 saturated carbocycles. The van der Waals surface area contributed by atoms with E-state index in [0.29, 0.717) is 5.56 Å². The highest BCUT2D eigenvalue weighted by molar-refractivity contribution is 5.95. The number of amides is 5. The van der Waals surface area contributed by atoms with Gasteiger partial charge in [0.2, 0.25) is 29.5 Å². The minimum Gasteiger partial charge on any atom is -0.508 e. The maximum Gasteiger partial charge on any atom is 0.326 e. The van der Waals surface area contributed by atoms with Gasteiger partial charge in [0.05, 0.1) is 18.9 Å². The molecule has 12 N–H and O–H groups in total. The lowest BCUT2D eigenvalue weighted by atomic mass is 10.0. The summed E-state index contributed by atoms with van der Waals surface area (Å²) in [5.41, 5.74) is 16.1. The van der Waals surface area contributed by atoms with Crippen LogP contribution < -0.4 is 33.2 Å². The second kappa shape index (κ2) is 14.7. The van der Waals surface area contributed by atoms with Gasteiger partial charge in [0.25, 0.3) is 0 Å². The number of primary amides is 2. The van der Waals surface area contributed by atoms with Crippen molar-refractivity contribution in [1.29, 1.82) is 0 Å². The highest BCUT2D eigenvalue weighted by Crippen LogP contribution is 2.12. The van der Waals surface area contributed by atoms with Gasteiger partial charge in [-0.3, -0.25) is 28.8 Å². The second-order valence-corrected chi connectivity index (χ2v) is 8.27. The Morgan fingerprint density at radius 2 is 1.26 bits per heavy atom. The van der Waals surface area contributed by atoms with E-state index in [1.807, 2.05) is 0 Å². The first-order valence-corrected chi connectivity index (χ1v) is 11.1. The Hall–Kier alpha value is -4.73. The monoisotopic (exact) mass is 538 g/mol. The first-order valence-electron chi connectivity index (χ1n) is 11.1. The fourth-order valence-corrected chi connectivity index (χ4v) is 3.14. The van der Waals surface area contributed by atoms with Gasteiger partial charge >= 0.3 is 11.9 Å². The van der Waals surface area contributed by atoms with Crippen molar-refractivity contribution in [1.82, 2.24) is 16.0 Å². The van der Waals surface area contributed by atoms with E-state index in [1.54, 1.807) is 0 Å². The third-order valence-electron chi connectivity index (χ3n) is 5.07. The number of carboxylic acids is 2. The van der Waals surface area contributed by atoms with Crippen LogP contribution in [0.5, 0.6) is 5.75 Å². The predicted octanol–water partition coefficient (Wildman–Crippen LogP) is -3.58. The fraction of sp³-hybridized carbons (Fsp3) is 0.409. The Labute approximate surface area is 215 Å². The number of carboxylic acid groups (broad SMARTS) is 2.